The Morgan fingerprint density at radius 2 is 1.32 bits per heavy atom. The molecule has 0 radical (unpaired) electrons. The molecule has 182 valence electrons. The summed E-state index contributed by atoms with van der Waals surface area (Å²) in [6, 6.07) is 17.9. The van der Waals surface area contributed by atoms with Crippen LogP contribution in [0.1, 0.15) is 11.1 Å². The van der Waals surface area contributed by atoms with Crippen molar-refractivity contribution in [3.8, 4) is 5.75 Å². The van der Waals surface area contributed by atoms with E-state index in [4.69, 9.17) is 19.9 Å². The van der Waals surface area contributed by atoms with Gasteiger partial charge in [-0.3, -0.25) is 0 Å². The van der Waals surface area contributed by atoms with Gasteiger partial charge in [0.2, 0.25) is 17.8 Å². The average molecular weight is 468 g/mol. The van der Waals surface area contributed by atoms with Crippen molar-refractivity contribution in [3.63, 3.8) is 0 Å². The smallest absolute Gasteiger partial charge is 0.229 e. The highest BCUT2D eigenvalue weighted by molar-refractivity contribution is 5.43. The summed E-state index contributed by atoms with van der Waals surface area (Å²) in [5, 5.41) is 9.73. The lowest BCUT2D eigenvalue weighted by Gasteiger charge is -2.12. The minimum absolute atomic E-state index is 0.460. The second-order valence-corrected chi connectivity index (χ2v) is 7.29. The summed E-state index contributed by atoms with van der Waals surface area (Å²) < 4.78 is 16.1. The predicted octanol–water partition coefficient (Wildman–Crippen LogP) is 2.51. The number of hydrogen-bond acceptors (Lipinski definition) is 10. The largest absolute Gasteiger partial charge is 0.497 e. The summed E-state index contributed by atoms with van der Waals surface area (Å²) in [6.07, 6.45) is 0. The van der Waals surface area contributed by atoms with Crippen LogP contribution in [0.2, 0.25) is 0 Å². The number of nitrogens with one attached hydrogen (secondary N) is 3. The highest BCUT2D eigenvalue weighted by Gasteiger charge is 2.07. The fourth-order valence-corrected chi connectivity index (χ4v) is 2.99. The molecule has 0 aliphatic rings. The van der Waals surface area contributed by atoms with Gasteiger partial charge < -0.3 is 35.9 Å². The van der Waals surface area contributed by atoms with Crippen LogP contribution >= 0.6 is 0 Å². The van der Waals surface area contributed by atoms with E-state index < -0.39 is 0 Å². The van der Waals surface area contributed by atoms with Gasteiger partial charge in [0.25, 0.3) is 0 Å². The molecule has 3 rings (SSSR count). The fourth-order valence-electron chi connectivity index (χ4n) is 2.99. The van der Waals surface area contributed by atoms with Gasteiger partial charge in [0.15, 0.2) is 0 Å². The zero-order valence-corrected chi connectivity index (χ0v) is 19.5. The Morgan fingerprint density at radius 1 is 0.706 bits per heavy atom. The Hall–Kier alpha value is -3.47. The van der Waals surface area contributed by atoms with Crippen molar-refractivity contribution in [2.24, 2.45) is 5.73 Å². The predicted molar refractivity (Wildman–Crippen MR) is 133 cm³/mol. The van der Waals surface area contributed by atoms with Gasteiger partial charge in [-0.15, -0.1) is 0 Å². The second kappa shape index (κ2) is 14.6. The van der Waals surface area contributed by atoms with Gasteiger partial charge in [0, 0.05) is 26.2 Å². The van der Waals surface area contributed by atoms with Crippen LogP contribution in [-0.2, 0) is 22.6 Å². The van der Waals surface area contributed by atoms with Crippen molar-refractivity contribution in [1.82, 2.24) is 15.0 Å². The number of anilines is 3. The monoisotopic (exact) mass is 467 g/mol. The number of nitrogens with zero attached hydrogens (tertiary/aromatic N) is 3. The first kappa shape index (κ1) is 25.2. The van der Waals surface area contributed by atoms with Crippen molar-refractivity contribution in [1.29, 1.82) is 0 Å². The summed E-state index contributed by atoms with van der Waals surface area (Å²) in [4.78, 5) is 13.5. The first-order chi connectivity index (χ1) is 16.8. The quantitative estimate of drug-likeness (QED) is 0.233. The molecule has 1 heterocycles. The van der Waals surface area contributed by atoms with E-state index in [-0.39, 0.29) is 0 Å². The normalized spacial score (nSPS) is 10.6. The molecule has 0 fully saturated rings. The maximum absolute atomic E-state index is 5.55. The van der Waals surface area contributed by atoms with E-state index in [0.717, 1.165) is 16.9 Å². The number of nitrogens with two attached hydrogens (primary N) is 1. The lowest BCUT2D eigenvalue weighted by atomic mass is 10.2. The molecular formula is C24H33N7O3. The Bertz CT molecular complexity index is 976. The lowest BCUT2D eigenvalue weighted by molar-refractivity contribution is 0.0547. The highest BCUT2D eigenvalue weighted by atomic mass is 16.5. The molecular weight excluding hydrogens is 434 g/mol. The molecule has 34 heavy (non-hydrogen) atoms. The van der Waals surface area contributed by atoms with Crippen molar-refractivity contribution >= 4 is 17.8 Å². The summed E-state index contributed by atoms with van der Waals surface area (Å²) >= 11 is 0. The van der Waals surface area contributed by atoms with Gasteiger partial charge in [0.05, 0.1) is 33.5 Å². The molecule has 0 saturated heterocycles. The maximum Gasteiger partial charge on any atom is 0.229 e. The minimum Gasteiger partial charge on any atom is -0.497 e. The van der Waals surface area contributed by atoms with E-state index in [1.54, 1.807) is 7.11 Å². The number of hydrogen-bond donors (Lipinski definition) is 4. The van der Waals surface area contributed by atoms with Crippen molar-refractivity contribution in [3.05, 3.63) is 65.7 Å². The van der Waals surface area contributed by atoms with E-state index in [1.165, 1.54) is 0 Å². The van der Waals surface area contributed by atoms with Crippen molar-refractivity contribution in [2.75, 3.05) is 62.6 Å². The number of rotatable bonds is 16. The molecule has 10 heteroatoms. The van der Waals surface area contributed by atoms with E-state index in [9.17, 15) is 0 Å². The summed E-state index contributed by atoms with van der Waals surface area (Å²) in [5.41, 5.74) is 7.58. The Morgan fingerprint density at radius 3 is 2.00 bits per heavy atom. The standard InChI is InChI=1S/C24H33N7O3/c1-32-21-9-5-8-20(16-21)18-28-24-30-22(26-11-13-34-15-14-33-12-10-25)29-23(31-24)27-17-19-6-3-2-4-7-19/h2-9,16H,10-15,17-18,25H2,1H3,(H3,26,27,28,29,30,31). The van der Waals surface area contributed by atoms with Crippen molar-refractivity contribution < 1.29 is 14.2 Å². The molecule has 0 atom stereocenters. The van der Waals surface area contributed by atoms with Crippen LogP contribution in [0.15, 0.2) is 54.6 Å². The van der Waals surface area contributed by atoms with Gasteiger partial charge in [-0.05, 0) is 23.3 Å². The van der Waals surface area contributed by atoms with Crippen LogP contribution in [0.3, 0.4) is 0 Å². The van der Waals surface area contributed by atoms with Crippen LogP contribution in [-0.4, -0.2) is 61.6 Å². The van der Waals surface area contributed by atoms with Crippen LogP contribution in [0.5, 0.6) is 5.75 Å². The molecule has 10 nitrogen and oxygen atoms in total. The molecule has 5 N–H and O–H groups in total. The zero-order valence-electron chi connectivity index (χ0n) is 19.5. The minimum atomic E-state index is 0.460. The van der Waals surface area contributed by atoms with Gasteiger partial charge in [-0.25, -0.2) is 0 Å². The molecule has 0 spiro atoms. The highest BCUT2D eigenvalue weighted by Crippen LogP contribution is 2.15. The first-order valence-electron chi connectivity index (χ1n) is 11.3. The zero-order chi connectivity index (χ0) is 23.8. The van der Waals surface area contributed by atoms with Gasteiger partial charge in [0.1, 0.15) is 5.75 Å². The first-order valence-corrected chi connectivity index (χ1v) is 11.3. The SMILES string of the molecule is COc1cccc(CNc2nc(NCCOCCOCCN)nc(NCc3ccccc3)n2)c1. The average Bonchev–Trinajstić information content (AvgIpc) is 2.88. The number of ether oxygens (including phenoxy) is 3. The Labute approximate surface area is 200 Å². The van der Waals surface area contributed by atoms with Gasteiger partial charge in [-0.2, -0.15) is 15.0 Å². The van der Waals surface area contributed by atoms with E-state index in [0.29, 0.717) is 70.5 Å². The second-order valence-electron chi connectivity index (χ2n) is 7.29. The molecule has 0 bridgehead atoms. The molecule has 0 aliphatic carbocycles. The van der Waals surface area contributed by atoms with E-state index >= 15 is 0 Å². The van der Waals surface area contributed by atoms with E-state index in [1.807, 2.05) is 54.6 Å². The van der Waals surface area contributed by atoms with Crippen molar-refractivity contribution in [2.45, 2.75) is 13.1 Å². The van der Waals surface area contributed by atoms with Gasteiger partial charge in [-0.1, -0.05) is 42.5 Å². The molecule has 0 aliphatic heterocycles. The lowest BCUT2D eigenvalue weighted by Crippen LogP contribution is -2.17. The number of benzene rings is 2. The molecule has 3 aromatic rings. The Balaban J connectivity index is 1.58. The topological polar surface area (TPSA) is 128 Å². The number of methoxy groups -OCH3 is 1. The third-order valence-electron chi connectivity index (χ3n) is 4.68. The number of aromatic nitrogens is 3. The van der Waals surface area contributed by atoms with Gasteiger partial charge >= 0.3 is 0 Å². The fraction of sp³-hybridized carbons (Fsp3) is 0.375. The third kappa shape index (κ3) is 9.18. The van der Waals surface area contributed by atoms with E-state index in [2.05, 4.69) is 30.9 Å². The molecule has 0 amide bonds. The molecule has 0 unspecified atom stereocenters. The summed E-state index contributed by atoms with van der Waals surface area (Å²) in [7, 11) is 1.65. The maximum atomic E-state index is 5.55. The summed E-state index contributed by atoms with van der Waals surface area (Å²) in [6.45, 7) is 4.28. The van der Waals surface area contributed by atoms with Crippen LogP contribution in [0, 0.1) is 0 Å². The third-order valence-corrected chi connectivity index (χ3v) is 4.68. The molecule has 2 aromatic carbocycles. The van der Waals surface area contributed by atoms with Crippen LogP contribution in [0.25, 0.3) is 0 Å². The Kier molecular flexibility index (Phi) is 10.8. The molecule has 0 saturated carbocycles. The molecule has 1 aromatic heterocycles. The van der Waals surface area contributed by atoms with Crippen LogP contribution in [0.4, 0.5) is 17.8 Å². The van der Waals surface area contributed by atoms with Crippen LogP contribution < -0.4 is 26.4 Å². The summed E-state index contributed by atoms with van der Waals surface area (Å²) in [5.74, 6) is 2.20.